The number of hydrogen-bond donors (Lipinski definition) is 1. The van der Waals surface area contributed by atoms with Gasteiger partial charge in [0.2, 0.25) is 0 Å². The van der Waals surface area contributed by atoms with Gasteiger partial charge >= 0.3 is 0 Å². The van der Waals surface area contributed by atoms with E-state index in [9.17, 15) is 0 Å². The van der Waals surface area contributed by atoms with Crippen LogP contribution in [0.3, 0.4) is 0 Å². The number of rotatable bonds is 4. The smallest absolute Gasteiger partial charge is 0.163 e. The number of nitrogens with zero attached hydrogens (tertiary/aromatic N) is 1. The first-order valence-corrected chi connectivity index (χ1v) is 5.58. The van der Waals surface area contributed by atoms with Crippen molar-refractivity contribution in [2.75, 3.05) is 13.2 Å². The molecule has 1 fully saturated rings. The highest BCUT2D eigenvalue weighted by atomic mass is 16.7. The summed E-state index contributed by atoms with van der Waals surface area (Å²) in [5.41, 5.74) is 1.04. The van der Waals surface area contributed by atoms with Crippen LogP contribution in [0.5, 0.6) is 0 Å². The molecule has 1 saturated heterocycles. The molecule has 0 radical (unpaired) electrons. The van der Waals surface area contributed by atoms with Gasteiger partial charge in [0.25, 0.3) is 0 Å². The molecule has 16 heavy (non-hydrogen) atoms. The molecular formula is C12H18N2O2. The van der Waals surface area contributed by atoms with Crippen LogP contribution in [0.2, 0.25) is 0 Å². The molecule has 4 nitrogen and oxygen atoms in total. The van der Waals surface area contributed by atoms with Gasteiger partial charge in [-0.3, -0.25) is 4.98 Å². The van der Waals surface area contributed by atoms with E-state index in [4.69, 9.17) is 9.47 Å². The normalized spacial score (nSPS) is 23.5. The Balaban J connectivity index is 1.70. The number of hydrogen-bond acceptors (Lipinski definition) is 4. The summed E-state index contributed by atoms with van der Waals surface area (Å²) >= 11 is 0. The van der Waals surface area contributed by atoms with Crippen LogP contribution in [0.4, 0.5) is 0 Å². The second-order valence-corrected chi connectivity index (χ2v) is 4.40. The van der Waals surface area contributed by atoms with Crippen molar-refractivity contribution in [2.45, 2.75) is 32.3 Å². The van der Waals surface area contributed by atoms with Gasteiger partial charge in [-0.05, 0) is 26.0 Å². The van der Waals surface area contributed by atoms with Crippen LogP contribution < -0.4 is 5.32 Å². The lowest BCUT2D eigenvalue weighted by Crippen LogP contribution is -2.30. The zero-order valence-electron chi connectivity index (χ0n) is 9.77. The molecule has 0 aromatic carbocycles. The molecular weight excluding hydrogens is 204 g/mol. The molecule has 0 saturated carbocycles. The zero-order valence-corrected chi connectivity index (χ0v) is 9.77. The Morgan fingerprint density at radius 1 is 1.50 bits per heavy atom. The van der Waals surface area contributed by atoms with E-state index < -0.39 is 5.79 Å². The Morgan fingerprint density at radius 3 is 3.00 bits per heavy atom. The summed E-state index contributed by atoms with van der Waals surface area (Å²) in [4.78, 5) is 4.24. The molecule has 1 aromatic rings. The Morgan fingerprint density at radius 2 is 2.38 bits per heavy atom. The molecule has 88 valence electrons. The fraction of sp³-hybridized carbons (Fsp3) is 0.583. The van der Waals surface area contributed by atoms with Gasteiger partial charge in [0.15, 0.2) is 5.79 Å². The SMILES string of the molecule is CC1(C)OCC(CNCc2ccccn2)O1. The third-order valence-corrected chi connectivity index (χ3v) is 2.47. The summed E-state index contributed by atoms with van der Waals surface area (Å²) in [5, 5.41) is 3.31. The van der Waals surface area contributed by atoms with E-state index in [1.807, 2.05) is 32.0 Å². The molecule has 1 aliphatic heterocycles. The minimum atomic E-state index is -0.433. The molecule has 2 rings (SSSR count). The molecule has 1 N–H and O–H groups in total. The highest BCUT2D eigenvalue weighted by molar-refractivity contribution is 5.02. The lowest BCUT2D eigenvalue weighted by molar-refractivity contribution is -0.137. The average molecular weight is 222 g/mol. The maximum absolute atomic E-state index is 5.68. The summed E-state index contributed by atoms with van der Waals surface area (Å²) < 4.78 is 11.2. The molecule has 0 spiro atoms. The van der Waals surface area contributed by atoms with Crippen LogP contribution in [0.1, 0.15) is 19.5 Å². The minimum Gasteiger partial charge on any atom is -0.348 e. The number of nitrogens with one attached hydrogen (secondary N) is 1. The van der Waals surface area contributed by atoms with E-state index >= 15 is 0 Å². The van der Waals surface area contributed by atoms with Gasteiger partial charge in [-0.15, -0.1) is 0 Å². The summed E-state index contributed by atoms with van der Waals surface area (Å²) in [5.74, 6) is -0.433. The maximum atomic E-state index is 5.68. The monoisotopic (exact) mass is 222 g/mol. The van der Waals surface area contributed by atoms with Gasteiger partial charge < -0.3 is 14.8 Å². The largest absolute Gasteiger partial charge is 0.348 e. The maximum Gasteiger partial charge on any atom is 0.163 e. The van der Waals surface area contributed by atoms with E-state index in [0.29, 0.717) is 6.61 Å². The van der Waals surface area contributed by atoms with Gasteiger partial charge in [-0.25, -0.2) is 0 Å². The van der Waals surface area contributed by atoms with Crippen LogP contribution in [0, 0.1) is 0 Å². The van der Waals surface area contributed by atoms with Crippen molar-refractivity contribution in [3.8, 4) is 0 Å². The van der Waals surface area contributed by atoms with Crippen molar-refractivity contribution in [3.63, 3.8) is 0 Å². The average Bonchev–Trinajstić information content (AvgIpc) is 2.60. The van der Waals surface area contributed by atoms with Gasteiger partial charge in [0, 0.05) is 19.3 Å². The van der Waals surface area contributed by atoms with Gasteiger partial charge in [-0.2, -0.15) is 0 Å². The Kier molecular flexibility index (Phi) is 3.53. The fourth-order valence-electron chi connectivity index (χ4n) is 1.73. The summed E-state index contributed by atoms with van der Waals surface area (Å²) in [6, 6.07) is 5.91. The molecule has 0 amide bonds. The van der Waals surface area contributed by atoms with Crippen molar-refractivity contribution in [1.29, 1.82) is 0 Å². The molecule has 2 heterocycles. The first kappa shape index (κ1) is 11.5. The third-order valence-electron chi connectivity index (χ3n) is 2.47. The van der Waals surface area contributed by atoms with Crippen molar-refractivity contribution in [3.05, 3.63) is 30.1 Å². The lowest BCUT2D eigenvalue weighted by Gasteiger charge is -2.17. The minimum absolute atomic E-state index is 0.138. The highest BCUT2D eigenvalue weighted by Crippen LogP contribution is 2.21. The predicted octanol–water partition coefficient (Wildman–Crippen LogP) is 1.32. The molecule has 1 atom stereocenters. The van der Waals surface area contributed by atoms with Crippen molar-refractivity contribution < 1.29 is 9.47 Å². The van der Waals surface area contributed by atoms with Crippen LogP contribution in [0.15, 0.2) is 24.4 Å². The van der Waals surface area contributed by atoms with Crippen molar-refractivity contribution >= 4 is 0 Å². The standard InChI is InChI=1S/C12H18N2O2/c1-12(2)15-9-11(16-12)8-13-7-10-5-3-4-6-14-10/h3-6,11,13H,7-9H2,1-2H3. The zero-order chi connectivity index (χ0) is 11.4. The van der Waals surface area contributed by atoms with E-state index in [1.54, 1.807) is 6.20 Å². The molecule has 0 aliphatic carbocycles. The number of ether oxygens (including phenoxy) is 2. The number of pyridine rings is 1. The topological polar surface area (TPSA) is 43.4 Å². The van der Waals surface area contributed by atoms with Crippen molar-refractivity contribution in [2.24, 2.45) is 0 Å². The third kappa shape index (κ3) is 3.27. The van der Waals surface area contributed by atoms with Crippen LogP contribution in [-0.2, 0) is 16.0 Å². The highest BCUT2D eigenvalue weighted by Gasteiger charge is 2.32. The second-order valence-electron chi connectivity index (χ2n) is 4.40. The molecule has 1 unspecified atom stereocenters. The molecule has 0 bridgehead atoms. The molecule has 1 aromatic heterocycles. The van der Waals surface area contributed by atoms with E-state index in [2.05, 4.69) is 10.3 Å². The van der Waals surface area contributed by atoms with Crippen LogP contribution in [0.25, 0.3) is 0 Å². The van der Waals surface area contributed by atoms with Gasteiger partial charge in [-0.1, -0.05) is 6.07 Å². The molecule has 4 heteroatoms. The fourth-order valence-corrected chi connectivity index (χ4v) is 1.73. The Labute approximate surface area is 96.0 Å². The Hall–Kier alpha value is -0.970. The molecule has 1 aliphatic rings. The first-order valence-electron chi connectivity index (χ1n) is 5.58. The number of aromatic nitrogens is 1. The van der Waals surface area contributed by atoms with Crippen LogP contribution in [-0.4, -0.2) is 30.0 Å². The summed E-state index contributed by atoms with van der Waals surface area (Å²) in [6.07, 6.45) is 1.94. The predicted molar refractivity (Wildman–Crippen MR) is 60.8 cm³/mol. The van der Waals surface area contributed by atoms with Gasteiger partial charge in [0.1, 0.15) is 0 Å². The second kappa shape index (κ2) is 4.91. The lowest BCUT2D eigenvalue weighted by atomic mass is 10.3. The summed E-state index contributed by atoms with van der Waals surface area (Å²) in [6.45, 7) is 6.08. The van der Waals surface area contributed by atoms with E-state index in [1.165, 1.54) is 0 Å². The quantitative estimate of drug-likeness (QED) is 0.834. The van der Waals surface area contributed by atoms with Gasteiger partial charge in [0.05, 0.1) is 18.4 Å². The van der Waals surface area contributed by atoms with Crippen LogP contribution >= 0.6 is 0 Å². The Bertz CT molecular complexity index is 327. The van der Waals surface area contributed by atoms with Crippen molar-refractivity contribution in [1.82, 2.24) is 10.3 Å². The summed E-state index contributed by atoms with van der Waals surface area (Å²) in [7, 11) is 0. The van der Waals surface area contributed by atoms with E-state index in [-0.39, 0.29) is 6.10 Å². The first-order chi connectivity index (χ1) is 7.66. The van der Waals surface area contributed by atoms with E-state index in [0.717, 1.165) is 18.8 Å².